The molecule has 25 heavy (non-hydrogen) atoms. The highest BCUT2D eigenvalue weighted by atomic mass is 16.5. The molecule has 4 nitrogen and oxygen atoms in total. The third kappa shape index (κ3) is 5.61. The van der Waals surface area contributed by atoms with Gasteiger partial charge in [-0.25, -0.2) is 0 Å². The normalized spacial score (nSPS) is 11.2. The number of ether oxygens (including phenoxy) is 1. The lowest BCUT2D eigenvalue weighted by atomic mass is 9.86. The zero-order chi connectivity index (χ0) is 18.3. The van der Waals surface area contributed by atoms with E-state index in [1.54, 1.807) is 0 Å². The first kappa shape index (κ1) is 19.0. The van der Waals surface area contributed by atoms with Crippen LogP contribution in [0.2, 0.25) is 0 Å². The number of benzene rings is 2. The van der Waals surface area contributed by atoms with Crippen LogP contribution in [0.4, 0.5) is 5.69 Å². The maximum Gasteiger partial charge on any atom is 0.262 e. The van der Waals surface area contributed by atoms with Crippen molar-refractivity contribution in [2.24, 2.45) is 0 Å². The molecular weight excluding hydrogens is 312 g/mol. The molecule has 0 fully saturated rings. The zero-order valence-electron chi connectivity index (χ0n) is 15.6. The van der Waals surface area contributed by atoms with Gasteiger partial charge in [0.25, 0.3) is 5.91 Å². The minimum atomic E-state index is -0.160. The molecule has 0 bridgehead atoms. The van der Waals surface area contributed by atoms with Crippen molar-refractivity contribution in [1.82, 2.24) is 5.32 Å². The van der Waals surface area contributed by atoms with Gasteiger partial charge in [-0.1, -0.05) is 64.1 Å². The van der Waals surface area contributed by atoms with Crippen molar-refractivity contribution in [2.75, 3.05) is 18.5 Å². The Hall–Kier alpha value is -2.33. The monoisotopic (exact) mass is 340 g/mol. The highest BCUT2D eigenvalue weighted by Crippen LogP contribution is 2.30. The van der Waals surface area contributed by atoms with Gasteiger partial charge in [-0.05, 0) is 35.2 Å². The van der Waals surface area contributed by atoms with Crippen LogP contribution < -0.4 is 15.4 Å². The first-order chi connectivity index (χ1) is 11.9. The highest BCUT2D eigenvalue weighted by molar-refractivity contribution is 5.92. The summed E-state index contributed by atoms with van der Waals surface area (Å²) in [4.78, 5) is 12.3. The van der Waals surface area contributed by atoms with Gasteiger partial charge in [0.05, 0.1) is 0 Å². The number of carbonyl (C=O) groups excluding carboxylic acids is 1. The molecule has 134 valence electrons. The first-order valence-corrected chi connectivity index (χ1v) is 8.72. The summed E-state index contributed by atoms with van der Waals surface area (Å²) < 4.78 is 5.79. The van der Waals surface area contributed by atoms with E-state index in [9.17, 15) is 4.79 Å². The van der Waals surface area contributed by atoms with Crippen LogP contribution in [0.5, 0.6) is 5.75 Å². The number of para-hydroxylation sites is 2. The highest BCUT2D eigenvalue weighted by Gasteiger charge is 2.19. The Morgan fingerprint density at radius 1 is 1.04 bits per heavy atom. The van der Waals surface area contributed by atoms with E-state index in [4.69, 9.17) is 4.74 Å². The van der Waals surface area contributed by atoms with E-state index in [0.717, 1.165) is 35.7 Å². The largest absolute Gasteiger partial charge is 0.483 e. The van der Waals surface area contributed by atoms with Crippen molar-refractivity contribution in [1.29, 1.82) is 0 Å². The number of hydrogen-bond acceptors (Lipinski definition) is 3. The molecule has 0 unspecified atom stereocenters. The van der Waals surface area contributed by atoms with Crippen molar-refractivity contribution in [3.05, 3.63) is 59.7 Å². The Morgan fingerprint density at radius 2 is 1.72 bits per heavy atom. The van der Waals surface area contributed by atoms with Gasteiger partial charge in [0.2, 0.25) is 0 Å². The molecule has 0 atom stereocenters. The lowest BCUT2D eigenvalue weighted by molar-refractivity contribution is -0.118. The molecule has 0 aliphatic rings. The van der Waals surface area contributed by atoms with Gasteiger partial charge in [-0.15, -0.1) is 0 Å². The van der Waals surface area contributed by atoms with Crippen LogP contribution in [-0.4, -0.2) is 19.1 Å². The predicted molar refractivity (Wildman–Crippen MR) is 103 cm³/mol. The summed E-state index contributed by atoms with van der Waals surface area (Å²) in [6.45, 7) is 10.0. The quantitative estimate of drug-likeness (QED) is 0.797. The van der Waals surface area contributed by atoms with Crippen LogP contribution >= 0.6 is 0 Å². The maximum atomic E-state index is 12.3. The predicted octanol–water partition coefficient (Wildman–Crippen LogP) is 4.11. The third-order valence-corrected chi connectivity index (χ3v) is 3.91. The Balaban J connectivity index is 2.01. The number of nitrogens with one attached hydrogen (secondary N) is 2. The second-order valence-electron chi connectivity index (χ2n) is 7.02. The van der Waals surface area contributed by atoms with Crippen molar-refractivity contribution >= 4 is 11.6 Å². The van der Waals surface area contributed by atoms with Gasteiger partial charge in [0.1, 0.15) is 5.75 Å². The summed E-state index contributed by atoms with van der Waals surface area (Å²) in [5.74, 6) is 0.596. The molecular formula is C21H28N2O2. The average Bonchev–Trinajstić information content (AvgIpc) is 2.58. The first-order valence-electron chi connectivity index (χ1n) is 8.72. The minimum absolute atomic E-state index is 0.0113. The average molecular weight is 340 g/mol. The van der Waals surface area contributed by atoms with Gasteiger partial charge < -0.3 is 15.4 Å². The topological polar surface area (TPSA) is 50.4 Å². The summed E-state index contributed by atoms with van der Waals surface area (Å²) in [5, 5.41) is 6.22. The number of rotatable bonds is 7. The van der Waals surface area contributed by atoms with Gasteiger partial charge in [-0.3, -0.25) is 4.79 Å². The molecule has 2 aromatic carbocycles. The Kier molecular flexibility index (Phi) is 6.59. The number of hydrogen-bond donors (Lipinski definition) is 2. The van der Waals surface area contributed by atoms with Gasteiger partial charge >= 0.3 is 0 Å². The summed E-state index contributed by atoms with van der Waals surface area (Å²) >= 11 is 0. The number of amides is 1. The molecule has 0 aromatic heterocycles. The van der Waals surface area contributed by atoms with Crippen molar-refractivity contribution in [3.8, 4) is 5.75 Å². The Labute approximate surface area is 150 Å². The van der Waals surface area contributed by atoms with Crippen LogP contribution in [0.1, 0.15) is 38.8 Å². The third-order valence-electron chi connectivity index (χ3n) is 3.91. The molecule has 0 saturated carbocycles. The molecule has 2 aromatic rings. The second kappa shape index (κ2) is 8.67. The van der Waals surface area contributed by atoms with E-state index in [0.29, 0.717) is 0 Å². The summed E-state index contributed by atoms with van der Waals surface area (Å²) in [6, 6.07) is 15.7. The molecule has 0 radical (unpaired) electrons. The number of anilines is 1. The molecule has 2 rings (SSSR count). The molecule has 0 saturated heterocycles. The second-order valence-corrected chi connectivity index (χ2v) is 7.02. The van der Waals surface area contributed by atoms with Crippen LogP contribution in [0.25, 0.3) is 0 Å². The number of carbonyl (C=O) groups is 1. The fourth-order valence-corrected chi connectivity index (χ4v) is 2.60. The van der Waals surface area contributed by atoms with Gasteiger partial charge in [0, 0.05) is 12.2 Å². The molecule has 1 amide bonds. The molecule has 0 aliphatic carbocycles. The van der Waals surface area contributed by atoms with Crippen LogP contribution in [0.3, 0.4) is 0 Å². The Bertz CT molecular complexity index is 705. The van der Waals surface area contributed by atoms with E-state index in [1.807, 2.05) is 48.5 Å². The maximum absolute atomic E-state index is 12.3. The van der Waals surface area contributed by atoms with E-state index in [1.165, 1.54) is 0 Å². The Morgan fingerprint density at radius 3 is 2.44 bits per heavy atom. The van der Waals surface area contributed by atoms with E-state index < -0.39 is 0 Å². The van der Waals surface area contributed by atoms with Gasteiger partial charge in [0.15, 0.2) is 6.61 Å². The molecule has 4 heteroatoms. The summed E-state index contributed by atoms with van der Waals surface area (Å²) in [5.41, 5.74) is 2.94. The van der Waals surface area contributed by atoms with Crippen LogP contribution in [0.15, 0.2) is 48.5 Å². The fourth-order valence-electron chi connectivity index (χ4n) is 2.60. The van der Waals surface area contributed by atoms with Crippen molar-refractivity contribution < 1.29 is 9.53 Å². The standard InChI is InChI=1S/C21H28N2O2/c1-5-22-14-16-10-6-8-12-18(16)23-20(24)15-25-19-13-9-7-11-17(19)21(2,3)4/h6-13,22H,5,14-15H2,1-4H3,(H,23,24). The lowest BCUT2D eigenvalue weighted by Gasteiger charge is -2.22. The van der Waals surface area contributed by atoms with Gasteiger partial charge in [-0.2, -0.15) is 0 Å². The molecule has 2 N–H and O–H groups in total. The summed E-state index contributed by atoms with van der Waals surface area (Å²) in [7, 11) is 0. The smallest absolute Gasteiger partial charge is 0.262 e. The molecule has 0 heterocycles. The summed E-state index contributed by atoms with van der Waals surface area (Å²) in [6.07, 6.45) is 0. The van der Waals surface area contributed by atoms with E-state index in [2.05, 4.69) is 38.3 Å². The zero-order valence-corrected chi connectivity index (χ0v) is 15.6. The van der Waals surface area contributed by atoms with Crippen molar-refractivity contribution in [3.63, 3.8) is 0 Å². The van der Waals surface area contributed by atoms with Crippen LogP contribution in [-0.2, 0) is 16.8 Å². The van der Waals surface area contributed by atoms with Crippen molar-refractivity contribution in [2.45, 2.75) is 39.7 Å². The van der Waals surface area contributed by atoms with E-state index >= 15 is 0 Å². The lowest BCUT2D eigenvalue weighted by Crippen LogP contribution is -2.23. The van der Waals surface area contributed by atoms with Crippen LogP contribution in [0, 0.1) is 0 Å². The molecule has 0 spiro atoms. The molecule has 0 aliphatic heterocycles. The minimum Gasteiger partial charge on any atom is -0.483 e. The fraction of sp³-hybridized carbons (Fsp3) is 0.381. The SMILES string of the molecule is CCNCc1ccccc1NC(=O)COc1ccccc1C(C)(C)C. The van der Waals surface area contributed by atoms with E-state index in [-0.39, 0.29) is 17.9 Å².